The van der Waals surface area contributed by atoms with Crippen LogP contribution in [-0.4, -0.2) is 61.9 Å². The monoisotopic (exact) mass is 391 g/mol. The number of amides is 2. The Kier molecular flexibility index (Phi) is 5.62. The number of hydrogen-bond acceptors (Lipinski definition) is 5. The Labute approximate surface area is 157 Å². The summed E-state index contributed by atoms with van der Waals surface area (Å²) in [5.74, 6) is -0.322. The lowest BCUT2D eigenvalue weighted by molar-refractivity contribution is 0.0764. The van der Waals surface area contributed by atoms with Gasteiger partial charge in [-0.05, 0) is 42.8 Å². The van der Waals surface area contributed by atoms with E-state index in [1.54, 1.807) is 41.3 Å². The number of nitrogens with zero attached hydrogens (tertiary/aromatic N) is 2. The van der Waals surface area contributed by atoms with E-state index in [1.807, 2.05) is 0 Å². The Morgan fingerprint density at radius 2 is 1.78 bits per heavy atom. The van der Waals surface area contributed by atoms with Crippen LogP contribution in [0.3, 0.4) is 0 Å². The Morgan fingerprint density at radius 1 is 1.04 bits per heavy atom. The van der Waals surface area contributed by atoms with Crippen molar-refractivity contribution in [3.05, 3.63) is 54.0 Å². The molecule has 144 valence electrons. The van der Waals surface area contributed by atoms with Crippen LogP contribution in [0.15, 0.2) is 47.1 Å². The van der Waals surface area contributed by atoms with E-state index in [-0.39, 0.29) is 17.6 Å². The van der Waals surface area contributed by atoms with Gasteiger partial charge in [0.15, 0.2) is 5.76 Å². The zero-order chi connectivity index (χ0) is 19.4. The van der Waals surface area contributed by atoms with Crippen LogP contribution in [0.25, 0.3) is 0 Å². The van der Waals surface area contributed by atoms with Crippen LogP contribution in [0.2, 0.25) is 0 Å². The van der Waals surface area contributed by atoms with Gasteiger partial charge >= 0.3 is 0 Å². The van der Waals surface area contributed by atoms with Crippen LogP contribution >= 0.6 is 0 Å². The lowest BCUT2D eigenvalue weighted by Gasteiger charge is -2.21. The predicted molar refractivity (Wildman–Crippen MR) is 100 cm³/mol. The fourth-order valence-electron chi connectivity index (χ4n) is 2.91. The number of benzene rings is 1. The normalized spacial score (nSPS) is 16.0. The maximum absolute atomic E-state index is 12.7. The Bertz CT molecular complexity index is 907. The summed E-state index contributed by atoms with van der Waals surface area (Å²) in [5.41, 5.74) is 1.03. The van der Waals surface area contributed by atoms with Gasteiger partial charge in [-0.3, -0.25) is 9.59 Å². The number of sulfonamides is 1. The van der Waals surface area contributed by atoms with E-state index < -0.39 is 10.0 Å². The SMILES string of the molecule is CS(=O)(=O)N1CCCN(C(=O)c2ccc(NC(=O)c3ccco3)cc2)CC1. The quantitative estimate of drug-likeness (QED) is 0.854. The molecule has 1 aliphatic rings. The number of furan rings is 1. The Morgan fingerprint density at radius 3 is 2.41 bits per heavy atom. The van der Waals surface area contributed by atoms with Crippen molar-refractivity contribution in [2.45, 2.75) is 6.42 Å². The van der Waals surface area contributed by atoms with Gasteiger partial charge in [0, 0.05) is 37.4 Å². The molecule has 3 rings (SSSR count). The number of nitrogens with one attached hydrogen (secondary N) is 1. The average Bonchev–Trinajstić information content (AvgIpc) is 3.05. The highest BCUT2D eigenvalue weighted by molar-refractivity contribution is 7.88. The molecule has 8 nitrogen and oxygen atoms in total. The fraction of sp³-hybridized carbons (Fsp3) is 0.333. The summed E-state index contributed by atoms with van der Waals surface area (Å²) in [7, 11) is -3.25. The summed E-state index contributed by atoms with van der Waals surface area (Å²) in [4.78, 5) is 26.3. The molecule has 1 aromatic carbocycles. The number of hydrogen-bond donors (Lipinski definition) is 1. The lowest BCUT2D eigenvalue weighted by atomic mass is 10.1. The first-order valence-electron chi connectivity index (χ1n) is 8.54. The van der Waals surface area contributed by atoms with Crippen LogP contribution in [0, 0.1) is 0 Å². The summed E-state index contributed by atoms with van der Waals surface area (Å²) in [5, 5.41) is 2.69. The van der Waals surface area contributed by atoms with Crippen LogP contribution in [0.1, 0.15) is 27.3 Å². The molecule has 1 fully saturated rings. The maximum atomic E-state index is 12.7. The lowest BCUT2D eigenvalue weighted by Crippen LogP contribution is -2.36. The van der Waals surface area contributed by atoms with Crippen LogP contribution in [-0.2, 0) is 10.0 Å². The third kappa shape index (κ3) is 4.75. The molecule has 2 aromatic rings. The summed E-state index contributed by atoms with van der Waals surface area (Å²) >= 11 is 0. The molecule has 0 radical (unpaired) electrons. The standard InChI is InChI=1S/C18H21N3O5S/c1-27(24,25)21-10-3-9-20(11-12-21)18(23)14-5-7-15(8-6-14)19-17(22)16-4-2-13-26-16/h2,4-8,13H,3,9-12H2,1H3,(H,19,22). The molecular formula is C18H21N3O5S. The van der Waals surface area contributed by atoms with E-state index in [4.69, 9.17) is 4.42 Å². The highest BCUT2D eigenvalue weighted by Gasteiger charge is 2.24. The maximum Gasteiger partial charge on any atom is 0.291 e. The van der Waals surface area contributed by atoms with Gasteiger partial charge in [0.05, 0.1) is 12.5 Å². The van der Waals surface area contributed by atoms with E-state index in [9.17, 15) is 18.0 Å². The third-order valence-electron chi connectivity index (χ3n) is 4.35. The second kappa shape index (κ2) is 7.93. The molecule has 0 atom stereocenters. The van der Waals surface area contributed by atoms with Gasteiger partial charge < -0.3 is 14.6 Å². The van der Waals surface area contributed by atoms with Crippen molar-refractivity contribution >= 4 is 27.5 Å². The molecule has 2 heterocycles. The zero-order valence-corrected chi connectivity index (χ0v) is 15.7. The average molecular weight is 391 g/mol. The molecule has 0 spiro atoms. The third-order valence-corrected chi connectivity index (χ3v) is 5.65. The van der Waals surface area contributed by atoms with Crippen LogP contribution in [0.4, 0.5) is 5.69 Å². The minimum Gasteiger partial charge on any atom is -0.459 e. The van der Waals surface area contributed by atoms with Gasteiger partial charge in [-0.25, -0.2) is 12.7 Å². The van der Waals surface area contributed by atoms with Gasteiger partial charge in [-0.1, -0.05) is 0 Å². The molecule has 1 N–H and O–H groups in total. The molecule has 1 saturated heterocycles. The molecular weight excluding hydrogens is 370 g/mol. The van der Waals surface area contributed by atoms with Crippen molar-refractivity contribution in [3.8, 4) is 0 Å². The summed E-state index contributed by atoms with van der Waals surface area (Å²) in [6.07, 6.45) is 3.19. The Hall–Kier alpha value is -2.65. The van der Waals surface area contributed by atoms with E-state index in [1.165, 1.54) is 16.8 Å². The number of anilines is 1. The molecule has 0 bridgehead atoms. The van der Waals surface area contributed by atoms with Crippen molar-refractivity contribution in [1.29, 1.82) is 0 Å². The zero-order valence-electron chi connectivity index (χ0n) is 14.9. The molecule has 0 saturated carbocycles. The first-order chi connectivity index (χ1) is 12.8. The van der Waals surface area contributed by atoms with Crippen molar-refractivity contribution in [2.24, 2.45) is 0 Å². The van der Waals surface area contributed by atoms with Crippen LogP contribution in [0.5, 0.6) is 0 Å². The highest BCUT2D eigenvalue weighted by atomic mass is 32.2. The van der Waals surface area contributed by atoms with Gasteiger partial charge in [0.1, 0.15) is 0 Å². The molecule has 0 unspecified atom stereocenters. The van der Waals surface area contributed by atoms with E-state index in [2.05, 4.69) is 5.32 Å². The fourth-order valence-corrected chi connectivity index (χ4v) is 3.78. The molecule has 0 aliphatic carbocycles. The minimum absolute atomic E-state index is 0.158. The van der Waals surface area contributed by atoms with E-state index in [0.717, 1.165) is 0 Å². The van der Waals surface area contributed by atoms with Crippen molar-refractivity contribution < 1.29 is 22.4 Å². The Balaban J connectivity index is 1.63. The smallest absolute Gasteiger partial charge is 0.291 e. The second-order valence-corrected chi connectivity index (χ2v) is 8.30. The molecule has 2 amide bonds. The number of carbonyl (C=O) groups is 2. The summed E-state index contributed by atoms with van der Waals surface area (Å²) in [6, 6.07) is 9.76. The van der Waals surface area contributed by atoms with Crippen LogP contribution < -0.4 is 5.32 Å². The molecule has 1 aliphatic heterocycles. The molecule has 9 heteroatoms. The van der Waals surface area contributed by atoms with Crippen molar-refractivity contribution in [3.63, 3.8) is 0 Å². The molecule has 27 heavy (non-hydrogen) atoms. The largest absolute Gasteiger partial charge is 0.459 e. The van der Waals surface area contributed by atoms with Gasteiger partial charge in [0.2, 0.25) is 10.0 Å². The minimum atomic E-state index is -3.25. The summed E-state index contributed by atoms with van der Waals surface area (Å²) < 4.78 is 29.8. The molecule has 1 aromatic heterocycles. The number of rotatable bonds is 4. The highest BCUT2D eigenvalue weighted by Crippen LogP contribution is 2.15. The van der Waals surface area contributed by atoms with Gasteiger partial charge in [0.25, 0.3) is 11.8 Å². The van der Waals surface area contributed by atoms with E-state index >= 15 is 0 Å². The summed E-state index contributed by atoms with van der Waals surface area (Å²) in [6.45, 7) is 1.56. The predicted octanol–water partition coefficient (Wildman–Crippen LogP) is 1.64. The topological polar surface area (TPSA) is 99.9 Å². The first kappa shape index (κ1) is 19.1. The van der Waals surface area contributed by atoms with Crippen molar-refractivity contribution in [2.75, 3.05) is 37.8 Å². The van der Waals surface area contributed by atoms with Crippen molar-refractivity contribution in [1.82, 2.24) is 9.21 Å². The van der Waals surface area contributed by atoms with Gasteiger partial charge in [-0.2, -0.15) is 0 Å². The first-order valence-corrected chi connectivity index (χ1v) is 10.4. The second-order valence-electron chi connectivity index (χ2n) is 6.32. The number of carbonyl (C=O) groups excluding carboxylic acids is 2. The van der Waals surface area contributed by atoms with E-state index in [0.29, 0.717) is 43.9 Å². The van der Waals surface area contributed by atoms with Gasteiger partial charge in [-0.15, -0.1) is 0 Å².